The summed E-state index contributed by atoms with van der Waals surface area (Å²) in [6.07, 6.45) is 0.691. The second-order valence-corrected chi connectivity index (χ2v) is 4.39. The third kappa shape index (κ3) is 3.55. The molecule has 0 bridgehead atoms. The summed E-state index contributed by atoms with van der Waals surface area (Å²) < 4.78 is 0. The lowest BCUT2D eigenvalue weighted by Gasteiger charge is -2.17. The third-order valence-corrected chi connectivity index (χ3v) is 2.56. The van der Waals surface area contributed by atoms with Crippen molar-refractivity contribution < 1.29 is 4.79 Å². The molecule has 0 saturated carbocycles. The molecule has 0 aliphatic heterocycles. The Labute approximate surface area is 88.6 Å². The minimum atomic E-state index is -0.0999. The summed E-state index contributed by atoms with van der Waals surface area (Å²) in [6, 6.07) is 0.222. The fourth-order valence-corrected chi connectivity index (χ4v) is 1.84. The number of nitrogens with zero attached hydrogens (tertiary/aromatic N) is 1. The van der Waals surface area contributed by atoms with E-state index in [2.05, 4.69) is 10.3 Å². The molecule has 0 aromatic carbocycles. The summed E-state index contributed by atoms with van der Waals surface area (Å²) in [5.41, 5.74) is 2.78. The predicted molar refractivity (Wildman–Crippen MR) is 58.6 cm³/mol. The van der Waals surface area contributed by atoms with Crippen LogP contribution in [-0.2, 0) is 11.2 Å². The molecule has 14 heavy (non-hydrogen) atoms. The average Bonchev–Trinajstić information content (AvgIpc) is 2.54. The maximum Gasteiger partial charge on any atom is 0.147 e. The normalized spacial score (nSPS) is 13.1. The first-order valence-electron chi connectivity index (χ1n) is 4.73. The van der Waals surface area contributed by atoms with Crippen LogP contribution in [-0.4, -0.2) is 22.9 Å². The maximum atomic E-state index is 11.3. The summed E-state index contributed by atoms with van der Waals surface area (Å²) in [4.78, 5) is 15.5. The molecule has 1 heterocycles. The number of carbonyl (C=O) groups excluding carboxylic acids is 1. The Bertz CT molecular complexity index is 282. The fraction of sp³-hybridized carbons (Fsp3) is 0.600. The lowest BCUT2D eigenvalue weighted by molar-refractivity contribution is -0.119. The van der Waals surface area contributed by atoms with Gasteiger partial charge in [0, 0.05) is 17.8 Å². The summed E-state index contributed by atoms with van der Waals surface area (Å²) in [5.74, 6) is 0.173. The monoisotopic (exact) mass is 212 g/mol. The molecule has 0 amide bonds. The average molecular weight is 212 g/mol. The lowest BCUT2D eigenvalue weighted by atomic mass is 10.1. The zero-order chi connectivity index (χ0) is 10.6. The second-order valence-electron chi connectivity index (χ2n) is 3.67. The Morgan fingerprint density at radius 1 is 1.64 bits per heavy atom. The van der Waals surface area contributed by atoms with Crippen molar-refractivity contribution in [3.8, 4) is 0 Å². The van der Waals surface area contributed by atoms with Crippen LogP contribution in [0, 0.1) is 0 Å². The zero-order valence-electron chi connectivity index (χ0n) is 8.78. The number of hydrogen-bond acceptors (Lipinski definition) is 4. The van der Waals surface area contributed by atoms with Crippen molar-refractivity contribution in [2.24, 2.45) is 0 Å². The summed E-state index contributed by atoms with van der Waals surface area (Å²) in [5, 5.41) is 5.22. The van der Waals surface area contributed by atoms with Crippen LogP contribution in [0.15, 0.2) is 10.9 Å². The molecule has 0 fully saturated rings. The quantitative estimate of drug-likeness (QED) is 0.807. The van der Waals surface area contributed by atoms with E-state index in [9.17, 15) is 4.79 Å². The smallest absolute Gasteiger partial charge is 0.147 e. The molecule has 78 valence electrons. The molecule has 0 saturated heterocycles. The van der Waals surface area contributed by atoms with Crippen LogP contribution in [0.5, 0.6) is 0 Å². The van der Waals surface area contributed by atoms with Crippen LogP contribution in [0.1, 0.15) is 26.5 Å². The van der Waals surface area contributed by atoms with E-state index in [4.69, 9.17) is 0 Å². The van der Waals surface area contributed by atoms with Crippen molar-refractivity contribution >= 4 is 17.1 Å². The molecule has 3 nitrogen and oxygen atoms in total. The fourth-order valence-electron chi connectivity index (χ4n) is 1.27. The number of thiazole rings is 1. The first kappa shape index (κ1) is 11.3. The van der Waals surface area contributed by atoms with Gasteiger partial charge in [0.1, 0.15) is 5.78 Å². The highest BCUT2D eigenvalue weighted by atomic mass is 32.1. The van der Waals surface area contributed by atoms with Gasteiger partial charge in [-0.15, -0.1) is 11.3 Å². The first-order chi connectivity index (χ1) is 6.59. The molecule has 0 unspecified atom stereocenters. The van der Waals surface area contributed by atoms with Crippen LogP contribution in [0.4, 0.5) is 0 Å². The number of aromatic nitrogens is 1. The standard InChI is InChI=1S/C10H16N2OS/c1-7(2)12-10(8(3)13)4-9-5-14-6-11-9/h5-7,10,12H,4H2,1-3H3/t10-/m0/s1. The highest BCUT2D eigenvalue weighted by Crippen LogP contribution is 2.05. The van der Waals surface area contributed by atoms with Gasteiger partial charge in [-0.2, -0.15) is 0 Å². The van der Waals surface area contributed by atoms with Crippen molar-refractivity contribution in [1.29, 1.82) is 0 Å². The van der Waals surface area contributed by atoms with Gasteiger partial charge >= 0.3 is 0 Å². The number of hydrogen-bond donors (Lipinski definition) is 1. The number of Topliss-reactive ketones (excluding diaryl/α,β-unsaturated/α-hetero) is 1. The van der Waals surface area contributed by atoms with Crippen LogP contribution in [0.3, 0.4) is 0 Å². The maximum absolute atomic E-state index is 11.3. The number of carbonyl (C=O) groups is 1. The van der Waals surface area contributed by atoms with E-state index in [-0.39, 0.29) is 11.8 Å². The van der Waals surface area contributed by atoms with Crippen LogP contribution < -0.4 is 5.32 Å². The number of nitrogens with one attached hydrogen (secondary N) is 1. The highest BCUT2D eigenvalue weighted by Gasteiger charge is 2.16. The molecule has 0 radical (unpaired) electrons. The van der Waals surface area contributed by atoms with Gasteiger partial charge in [0.25, 0.3) is 0 Å². The Morgan fingerprint density at radius 3 is 2.79 bits per heavy atom. The molecule has 1 atom stereocenters. The van der Waals surface area contributed by atoms with Crippen molar-refractivity contribution in [3.63, 3.8) is 0 Å². The topological polar surface area (TPSA) is 42.0 Å². The minimum absolute atomic E-state index is 0.0999. The van der Waals surface area contributed by atoms with Gasteiger partial charge < -0.3 is 5.32 Å². The van der Waals surface area contributed by atoms with Crippen molar-refractivity contribution in [2.45, 2.75) is 39.3 Å². The van der Waals surface area contributed by atoms with Crippen molar-refractivity contribution in [1.82, 2.24) is 10.3 Å². The van der Waals surface area contributed by atoms with Gasteiger partial charge in [0.15, 0.2) is 0 Å². The van der Waals surface area contributed by atoms with E-state index in [1.54, 1.807) is 23.8 Å². The van der Waals surface area contributed by atoms with Gasteiger partial charge in [-0.25, -0.2) is 4.98 Å². The molecule has 1 rings (SSSR count). The van der Waals surface area contributed by atoms with Gasteiger partial charge in [0.2, 0.25) is 0 Å². The largest absolute Gasteiger partial charge is 0.305 e. The molecule has 0 spiro atoms. The van der Waals surface area contributed by atoms with Crippen LogP contribution >= 0.6 is 11.3 Å². The molecular formula is C10H16N2OS. The van der Waals surface area contributed by atoms with Gasteiger partial charge in [-0.3, -0.25) is 4.79 Å². The Balaban J connectivity index is 2.56. The molecular weight excluding hydrogens is 196 g/mol. The van der Waals surface area contributed by atoms with Gasteiger partial charge in [-0.05, 0) is 6.92 Å². The van der Waals surface area contributed by atoms with Crippen LogP contribution in [0.2, 0.25) is 0 Å². The summed E-state index contributed by atoms with van der Waals surface area (Å²) in [6.45, 7) is 5.69. The lowest BCUT2D eigenvalue weighted by Crippen LogP contribution is -2.41. The third-order valence-electron chi connectivity index (χ3n) is 1.92. The minimum Gasteiger partial charge on any atom is -0.305 e. The predicted octanol–water partition coefficient (Wildman–Crippen LogP) is 1.64. The Hall–Kier alpha value is -0.740. The number of rotatable bonds is 5. The van der Waals surface area contributed by atoms with E-state index >= 15 is 0 Å². The van der Waals surface area contributed by atoms with E-state index in [0.29, 0.717) is 12.5 Å². The van der Waals surface area contributed by atoms with Crippen LogP contribution in [0.25, 0.3) is 0 Å². The summed E-state index contributed by atoms with van der Waals surface area (Å²) >= 11 is 1.56. The first-order valence-corrected chi connectivity index (χ1v) is 5.67. The van der Waals surface area contributed by atoms with E-state index in [1.165, 1.54) is 0 Å². The number of ketones is 1. The van der Waals surface area contributed by atoms with E-state index in [0.717, 1.165) is 5.69 Å². The molecule has 1 N–H and O–H groups in total. The van der Waals surface area contributed by atoms with Gasteiger partial charge in [-0.1, -0.05) is 13.8 Å². The van der Waals surface area contributed by atoms with Gasteiger partial charge in [0.05, 0.1) is 17.2 Å². The molecule has 4 heteroatoms. The molecule has 1 aromatic rings. The second kappa shape index (κ2) is 5.22. The highest BCUT2D eigenvalue weighted by molar-refractivity contribution is 7.07. The van der Waals surface area contributed by atoms with Crippen molar-refractivity contribution in [2.75, 3.05) is 0 Å². The zero-order valence-corrected chi connectivity index (χ0v) is 9.60. The summed E-state index contributed by atoms with van der Waals surface area (Å²) in [7, 11) is 0. The SMILES string of the molecule is CC(=O)[C@H](Cc1cscn1)NC(C)C. The van der Waals surface area contributed by atoms with E-state index in [1.807, 2.05) is 19.2 Å². The van der Waals surface area contributed by atoms with Crippen molar-refractivity contribution in [3.05, 3.63) is 16.6 Å². The molecule has 0 aliphatic carbocycles. The van der Waals surface area contributed by atoms with E-state index < -0.39 is 0 Å². The molecule has 1 aromatic heterocycles. The molecule has 0 aliphatic rings. The Kier molecular flexibility index (Phi) is 4.22. The Morgan fingerprint density at radius 2 is 2.36 bits per heavy atom.